The molecular formula is C17H28O3. The topological polar surface area (TPSA) is 35.5 Å². The molecule has 0 bridgehead atoms. The third-order valence-electron chi connectivity index (χ3n) is 5.50. The Labute approximate surface area is 122 Å². The van der Waals surface area contributed by atoms with Crippen molar-refractivity contribution in [1.82, 2.24) is 0 Å². The first kappa shape index (κ1) is 14.5. The van der Waals surface area contributed by atoms with E-state index in [1.165, 1.54) is 12.8 Å². The lowest BCUT2D eigenvalue weighted by Gasteiger charge is -2.48. The molecule has 0 unspecified atom stereocenters. The summed E-state index contributed by atoms with van der Waals surface area (Å²) in [6.45, 7) is 6.03. The van der Waals surface area contributed by atoms with Crippen molar-refractivity contribution in [2.24, 2.45) is 17.3 Å². The molecule has 0 N–H and O–H groups in total. The van der Waals surface area contributed by atoms with Crippen molar-refractivity contribution in [3.63, 3.8) is 0 Å². The lowest BCUT2D eigenvalue weighted by molar-refractivity contribution is -0.313. The first-order chi connectivity index (χ1) is 9.48. The van der Waals surface area contributed by atoms with Gasteiger partial charge in [-0.25, -0.2) is 0 Å². The van der Waals surface area contributed by atoms with Gasteiger partial charge in [-0.15, -0.1) is 0 Å². The van der Waals surface area contributed by atoms with Crippen LogP contribution in [-0.2, 0) is 14.3 Å². The van der Waals surface area contributed by atoms with E-state index in [4.69, 9.17) is 9.47 Å². The normalized spacial score (nSPS) is 31.6. The fourth-order valence-electron chi connectivity index (χ4n) is 4.01. The number of ether oxygens (including phenoxy) is 2. The number of rotatable bonds is 1. The minimum absolute atomic E-state index is 0.159. The van der Waals surface area contributed by atoms with Crippen molar-refractivity contribution in [2.75, 3.05) is 13.2 Å². The summed E-state index contributed by atoms with van der Waals surface area (Å²) < 4.78 is 12.2. The average molecular weight is 280 g/mol. The number of hydrogen-bond acceptors (Lipinski definition) is 3. The van der Waals surface area contributed by atoms with E-state index in [-0.39, 0.29) is 11.2 Å². The molecule has 3 rings (SSSR count). The molecule has 1 aliphatic heterocycles. The zero-order valence-electron chi connectivity index (χ0n) is 13.0. The summed E-state index contributed by atoms with van der Waals surface area (Å²) >= 11 is 0. The smallest absolute Gasteiger partial charge is 0.168 e. The van der Waals surface area contributed by atoms with Gasteiger partial charge in [0, 0.05) is 31.1 Å². The number of carbonyl (C=O) groups is 1. The highest BCUT2D eigenvalue weighted by atomic mass is 16.7. The lowest BCUT2D eigenvalue weighted by Crippen LogP contribution is -2.49. The van der Waals surface area contributed by atoms with Gasteiger partial charge in [-0.1, -0.05) is 13.8 Å². The molecule has 1 spiro atoms. The maximum atomic E-state index is 11.4. The lowest BCUT2D eigenvalue weighted by atomic mass is 9.71. The zero-order chi connectivity index (χ0) is 14.2. The van der Waals surface area contributed by atoms with Crippen molar-refractivity contribution >= 4 is 5.78 Å². The SMILES string of the molecule is CC1(C)COC2(CCC(C3CCC(=O)CC3)CC2)OC1. The monoisotopic (exact) mass is 280 g/mol. The molecule has 0 amide bonds. The van der Waals surface area contributed by atoms with Gasteiger partial charge >= 0.3 is 0 Å². The highest BCUT2D eigenvalue weighted by Gasteiger charge is 2.44. The Bertz CT molecular complexity index is 344. The summed E-state index contributed by atoms with van der Waals surface area (Å²) in [5.74, 6) is 1.74. The Morgan fingerprint density at radius 3 is 1.95 bits per heavy atom. The molecule has 0 radical (unpaired) electrons. The largest absolute Gasteiger partial charge is 0.349 e. The molecule has 3 nitrogen and oxygen atoms in total. The van der Waals surface area contributed by atoms with E-state index in [1.807, 2.05) is 0 Å². The van der Waals surface area contributed by atoms with E-state index in [9.17, 15) is 4.79 Å². The van der Waals surface area contributed by atoms with Gasteiger partial charge in [-0.3, -0.25) is 4.79 Å². The Morgan fingerprint density at radius 1 is 0.900 bits per heavy atom. The van der Waals surface area contributed by atoms with Crippen LogP contribution in [0.4, 0.5) is 0 Å². The highest BCUT2D eigenvalue weighted by molar-refractivity contribution is 5.79. The van der Waals surface area contributed by atoms with Crippen LogP contribution in [0.1, 0.15) is 65.2 Å². The summed E-state index contributed by atoms with van der Waals surface area (Å²) in [6, 6.07) is 0. The van der Waals surface area contributed by atoms with Gasteiger partial charge in [0.15, 0.2) is 5.79 Å². The van der Waals surface area contributed by atoms with E-state index in [0.29, 0.717) is 5.78 Å². The van der Waals surface area contributed by atoms with Crippen LogP contribution in [0.2, 0.25) is 0 Å². The molecule has 0 aromatic carbocycles. The molecule has 2 saturated carbocycles. The van der Waals surface area contributed by atoms with Gasteiger partial charge in [0.1, 0.15) is 5.78 Å². The number of hydrogen-bond donors (Lipinski definition) is 0. The Morgan fingerprint density at radius 2 is 1.40 bits per heavy atom. The van der Waals surface area contributed by atoms with Crippen molar-refractivity contribution < 1.29 is 14.3 Å². The van der Waals surface area contributed by atoms with Gasteiger partial charge in [-0.05, 0) is 37.5 Å². The molecule has 2 aliphatic carbocycles. The maximum Gasteiger partial charge on any atom is 0.168 e. The molecule has 20 heavy (non-hydrogen) atoms. The third-order valence-corrected chi connectivity index (χ3v) is 5.50. The summed E-state index contributed by atoms with van der Waals surface area (Å²) in [4.78, 5) is 11.4. The Kier molecular flexibility index (Phi) is 3.93. The number of carbonyl (C=O) groups excluding carboxylic acids is 1. The van der Waals surface area contributed by atoms with Crippen molar-refractivity contribution in [3.8, 4) is 0 Å². The van der Waals surface area contributed by atoms with Gasteiger partial charge in [0.05, 0.1) is 13.2 Å². The molecule has 1 heterocycles. The van der Waals surface area contributed by atoms with E-state index in [0.717, 1.165) is 63.6 Å². The molecule has 0 atom stereocenters. The second-order valence-corrected chi connectivity index (χ2v) is 7.87. The van der Waals surface area contributed by atoms with Gasteiger partial charge < -0.3 is 9.47 Å². The molecule has 1 saturated heterocycles. The molecule has 3 heteroatoms. The van der Waals surface area contributed by atoms with Crippen LogP contribution in [0, 0.1) is 17.3 Å². The maximum absolute atomic E-state index is 11.4. The van der Waals surface area contributed by atoms with Crippen LogP contribution in [-0.4, -0.2) is 24.8 Å². The minimum atomic E-state index is -0.281. The van der Waals surface area contributed by atoms with Crippen molar-refractivity contribution in [3.05, 3.63) is 0 Å². The number of Topliss-reactive ketones (excluding diaryl/α,β-unsaturated/α-hetero) is 1. The fraction of sp³-hybridized carbons (Fsp3) is 0.941. The van der Waals surface area contributed by atoms with Gasteiger partial charge in [0.2, 0.25) is 0 Å². The van der Waals surface area contributed by atoms with Crippen molar-refractivity contribution in [1.29, 1.82) is 0 Å². The quantitative estimate of drug-likeness (QED) is 0.734. The summed E-state index contributed by atoms with van der Waals surface area (Å²) in [5, 5.41) is 0. The average Bonchev–Trinajstić information content (AvgIpc) is 2.45. The second-order valence-electron chi connectivity index (χ2n) is 7.87. The van der Waals surface area contributed by atoms with E-state index < -0.39 is 0 Å². The first-order valence-corrected chi connectivity index (χ1v) is 8.28. The van der Waals surface area contributed by atoms with Crippen LogP contribution in [0.25, 0.3) is 0 Å². The molecule has 3 aliphatic rings. The minimum Gasteiger partial charge on any atom is -0.349 e. The molecule has 0 aromatic rings. The standard InChI is InChI=1S/C17H28O3/c1-16(2)11-19-17(20-12-16)9-7-14(8-10-17)13-3-5-15(18)6-4-13/h13-14H,3-12H2,1-2H3. The van der Waals surface area contributed by atoms with Crippen LogP contribution in [0.3, 0.4) is 0 Å². The van der Waals surface area contributed by atoms with E-state index >= 15 is 0 Å². The van der Waals surface area contributed by atoms with Gasteiger partial charge in [-0.2, -0.15) is 0 Å². The summed E-state index contributed by atoms with van der Waals surface area (Å²) in [5.41, 5.74) is 0.159. The summed E-state index contributed by atoms with van der Waals surface area (Å²) in [7, 11) is 0. The molecule has 0 aromatic heterocycles. The Hall–Kier alpha value is -0.410. The predicted molar refractivity (Wildman–Crippen MR) is 77.3 cm³/mol. The zero-order valence-corrected chi connectivity index (χ0v) is 13.0. The summed E-state index contributed by atoms with van der Waals surface area (Å²) in [6.07, 6.45) is 8.35. The van der Waals surface area contributed by atoms with Crippen LogP contribution < -0.4 is 0 Å². The predicted octanol–water partition coefficient (Wildman–Crippen LogP) is 3.71. The fourth-order valence-corrected chi connectivity index (χ4v) is 4.01. The van der Waals surface area contributed by atoms with Crippen molar-refractivity contribution in [2.45, 2.75) is 71.0 Å². The molecule has 3 fully saturated rings. The highest BCUT2D eigenvalue weighted by Crippen LogP contribution is 2.45. The second kappa shape index (κ2) is 5.42. The first-order valence-electron chi connectivity index (χ1n) is 8.28. The molecular weight excluding hydrogens is 252 g/mol. The third kappa shape index (κ3) is 3.09. The van der Waals surface area contributed by atoms with Crippen LogP contribution in [0.15, 0.2) is 0 Å². The number of ketones is 1. The van der Waals surface area contributed by atoms with E-state index in [2.05, 4.69) is 13.8 Å². The Balaban J connectivity index is 1.51. The van der Waals surface area contributed by atoms with Crippen LogP contribution >= 0.6 is 0 Å². The van der Waals surface area contributed by atoms with E-state index in [1.54, 1.807) is 0 Å². The molecule has 114 valence electrons. The van der Waals surface area contributed by atoms with Crippen LogP contribution in [0.5, 0.6) is 0 Å². The van der Waals surface area contributed by atoms with Gasteiger partial charge in [0.25, 0.3) is 0 Å².